The van der Waals surface area contributed by atoms with Crippen molar-refractivity contribution < 1.29 is 4.74 Å². The number of hydrogen-bond acceptors (Lipinski definition) is 2. The molecule has 1 aromatic carbocycles. The molecule has 0 bridgehead atoms. The molecule has 0 saturated carbocycles. The van der Waals surface area contributed by atoms with Crippen LogP contribution in [0, 0.1) is 0 Å². The van der Waals surface area contributed by atoms with Crippen LogP contribution in [0.3, 0.4) is 0 Å². The van der Waals surface area contributed by atoms with E-state index in [4.69, 9.17) is 4.74 Å². The van der Waals surface area contributed by atoms with E-state index in [0.29, 0.717) is 6.73 Å². The number of hydrogen-bond donors (Lipinski definition) is 1. The summed E-state index contributed by atoms with van der Waals surface area (Å²) < 4.78 is 5.54. The van der Waals surface area contributed by atoms with Crippen molar-refractivity contribution in [1.82, 2.24) is 4.98 Å². The smallest absolute Gasteiger partial charge is 0.118 e. The van der Waals surface area contributed by atoms with Gasteiger partial charge in [-0.2, -0.15) is 0 Å². The molecular formula is C12H21NOSi. The zero-order valence-corrected chi connectivity index (χ0v) is 10.9. The molecule has 0 amide bonds. The number of rotatable bonds is 6. The van der Waals surface area contributed by atoms with Gasteiger partial charge in [-0.25, -0.2) is 0 Å². The molecule has 1 rings (SSSR count). The highest BCUT2D eigenvalue weighted by molar-refractivity contribution is 6.73. The topological polar surface area (TPSA) is 21.3 Å². The first-order valence-electron chi connectivity index (χ1n) is 5.45. The highest BCUT2D eigenvalue weighted by atomic mass is 28.3. The van der Waals surface area contributed by atoms with E-state index in [9.17, 15) is 0 Å². The third-order valence-electron chi connectivity index (χ3n) is 2.08. The third-order valence-corrected chi connectivity index (χ3v) is 3.29. The van der Waals surface area contributed by atoms with E-state index in [1.807, 2.05) is 6.07 Å². The summed E-state index contributed by atoms with van der Waals surface area (Å²) in [5.74, 6) is 0. The average molecular weight is 223 g/mol. The lowest BCUT2D eigenvalue weighted by atomic mass is 10.2. The zero-order chi connectivity index (χ0) is 11.1. The van der Waals surface area contributed by atoms with Gasteiger partial charge in [0, 0.05) is 0 Å². The van der Waals surface area contributed by atoms with Crippen molar-refractivity contribution in [2.75, 3.05) is 13.3 Å². The lowest BCUT2D eigenvalue weighted by Crippen LogP contribution is -2.42. The van der Waals surface area contributed by atoms with Gasteiger partial charge in [0.05, 0.1) is 13.3 Å². The van der Waals surface area contributed by atoms with Crippen molar-refractivity contribution >= 4 is 8.24 Å². The van der Waals surface area contributed by atoms with Crippen molar-refractivity contribution in [1.29, 1.82) is 0 Å². The molecule has 0 radical (unpaired) electrons. The Labute approximate surface area is 93.7 Å². The van der Waals surface area contributed by atoms with E-state index in [1.54, 1.807) is 0 Å². The van der Waals surface area contributed by atoms with Gasteiger partial charge in [0.1, 0.15) is 8.24 Å². The molecule has 0 saturated heterocycles. The van der Waals surface area contributed by atoms with E-state index in [2.05, 4.69) is 48.9 Å². The van der Waals surface area contributed by atoms with Gasteiger partial charge in [-0.3, -0.25) is 0 Å². The van der Waals surface area contributed by atoms with Gasteiger partial charge >= 0.3 is 0 Å². The molecule has 0 atom stereocenters. The molecule has 1 N–H and O–H groups in total. The van der Waals surface area contributed by atoms with Crippen molar-refractivity contribution in [2.24, 2.45) is 0 Å². The molecule has 15 heavy (non-hydrogen) atoms. The van der Waals surface area contributed by atoms with Crippen molar-refractivity contribution in [3.05, 3.63) is 35.9 Å². The Morgan fingerprint density at radius 3 is 2.40 bits per heavy atom. The maximum atomic E-state index is 5.54. The average Bonchev–Trinajstić information content (AvgIpc) is 2.17. The second-order valence-corrected chi connectivity index (χ2v) is 9.57. The first-order chi connectivity index (χ1) is 7.08. The summed E-state index contributed by atoms with van der Waals surface area (Å²) in [6.07, 6.45) is 0.994. The first kappa shape index (κ1) is 12.4. The van der Waals surface area contributed by atoms with Gasteiger partial charge in [0.2, 0.25) is 0 Å². The Bertz CT molecular complexity index is 269. The highest BCUT2D eigenvalue weighted by Gasteiger charge is 2.10. The quantitative estimate of drug-likeness (QED) is 0.455. The summed E-state index contributed by atoms with van der Waals surface area (Å²) in [4.78, 5) is 3.42. The third kappa shape index (κ3) is 6.44. The van der Waals surface area contributed by atoms with Crippen LogP contribution in [0.4, 0.5) is 0 Å². The SMILES string of the molecule is C[Si](C)(C)NCOCCc1ccccc1. The lowest BCUT2D eigenvalue weighted by molar-refractivity contribution is 0.132. The molecule has 0 aliphatic carbocycles. The second kappa shape index (κ2) is 6.05. The molecule has 0 aromatic heterocycles. The Morgan fingerprint density at radius 1 is 1.13 bits per heavy atom. The van der Waals surface area contributed by atoms with Crippen molar-refractivity contribution in [3.63, 3.8) is 0 Å². The van der Waals surface area contributed by atoms with Gasteiger partial charge in [-0.05, 0) is 12.0 Å². The van der Waals surface area contributed by atoms with Crippen LogP contribution in [-0.4, -0.2) is 21.6 Å². The largest absolute Gasteiger partial charge is 0.367 e. The van der Waals surface area contributed by atoms with Crippen LogP contribution in [0.25, 0.3) is 0 Å². The van der Waals surface area contributed by atoms with Gasteiger partial charge < -0.3 is 9.72 Å². The van der Waals surface area contributed by atoms with E-state index in [-0.39, 0.29) is 0 Å². The van der Waals surface area contributed by atoms with E-state index < -0.39 is 8.24 Å². The Hall–Kier alpha value is -0.643. The lowest BCUT2D eigenvalue weighted by Gasteiger charge is -2.17. The minimum absolute atomic E-state index is 0.683. The Morgan fingerprint density at radius 2 is 1.80 bits per heavy atom. The molecular weight excluding hydrogens is 202 g/mol. The zero-order valence-electron chi connectivity index (χ0n) is 9.92. The van der Waals surface area contributed by atoms with Crippen LogP contribution in [0.1, 0.15) is 5.56 Å². The summed E-state index contributed by atoms with van der Waals surface area (Å²) in [5, 5.41) is 0. The first-order valence-corrected chi connectivity index (χ1v) is 8.95. The van der Waals surface area contributed by atoms with Crippen LogP contribution in [-0.2, 0) is 11.2 Å². The van der Waals surface area contributed by atoms with Gasteiger partial charge in [0.25, 0.3) is 0 Å². The number of nitrogens with one attached hydrogen (secondary N) is 1. The number of benzene rings is 1. The van der Waals surface area contributed by atoms with Crippen LogP contribution < -0.4 is 4.98 Å². The minimum atomic E-state index is -1.16. The summed E-state index contributed by atoms with van der Waals surface area (Å²) >= 11 is 0. The summed E-state index contributed by atoms with van der Waals surface area (Å²) in [7, 11) is -1.16. The Balaban J connectivity index is 2.08. The second-order valence-electron chi connectivity index (χ2n) is 4.71. The maximum absolute atomic E-state index is 5.54. The predicted molar refractivity (Wildman–Crippen MR) is 67.4 cm³/mol. The fourth-order valence-electron chi connectivity index (χ4n) is 1.17. The molecule has 0 spiro atoms. The minimum Gasteiger partial charge on any atom is -0.367 e. The Kier molecular flexibility index (Phi) is 5.01. The fraction of sp³-hybridized carbons (Fsp3) is 0.500. The standard InChI is InChI=1S/C12H21NOSi/c1-15(2,3)13-11-14-10-9-12-7-5-4-6-8-12/h4-8,13H,9-11H2,1-3H3. The highest BCUT2D eigenvalue weighted by Crippen LogP contribution is 1.99. The van der Waals surface area contributed by atoms with Crippen molar-refractivity contribution in [3.8, 4) is 0 Å². The van der Waals surface area contributed by atoms with E-state index >= 15 is 0 Å². The van der Waals surface area contributed by atoms with E-state index in [1.165, 1.54) is 5.56 Å². The van der Waals surface area contributed by atoms with E-state index in [0.717, 1.165) is 13.0 Å². The molecule has 0 aliphatic rings. The van der Waals surface area contributed by atoms with Crippen LogP contribution >= 0.6 is 0 Å². The van der Waals surface area contributed by atoms with Crippen molar-refractivity contribution in [2.45, 2.75) is 26.1 Å². The summed E-state index contributed by atoms with van der Waals surface area (Å²) in [6.45, 7) is 8.29. The molecule has 0 heterocycles. The monoisotopic (exact) mass is 223 g/mol. The molecule has 84 valence electrons. The molecule has 0 fully saturated rings. The maximum Gasteiger partial charge on any atom is 0.118 e. The van der Waals surface area contributed by atoms with Gasteiger partial charge in [0.15, 0.2) is 0 Å². The van der Waals surface area contributed by atoms with Gasteiger partial charge in [-0.1, -0.05) is 50.0 Å². The number of ether oxygens (including phenoxy) is 1. The predicted octanol–water partition coefficient (Wildman–Crippen LogP) is 2.63. The van der Waals surface area contributed by atoms with Crippen LogP contribution in [0.5, 0.6) is 0 Å². The fourth-order valence-corrected chi connectivity index (χ4v) is 1.71. The molecule has 0 aliphatic heterocycles. The summed E-state index contributed by atoms with van der Waals surface area (Å²) in [6, 6.07) is 10.4. The van der Waals surface area contributed by atoms with Gasteiger partial charge in [-0.15, -0.1) is 0 Å². The molecule has 1 aromatic rings. The normalized spacial score (nSPS) is 11.7. The molecule has 2 nitrogen and oxygen atoms in total. The molecule has 0 unspecified atom stereocenters. The van der Waals surface area contributed by atoms with Crippen LogP contribution in [0.2, 0.25) is 19.6 Å². The summed E-state index contributed by atoms with van der Waals surface area (Å²) in [5.41, 5.74) is 1.34. The van der Waals surface area contributed by atoms with Crippen LogP contribution in [0.15, 0.2) is 30.3 Å². The molecule has 3 heteroatoms.